The Balaban J connectivity index is 3.54. The molecule has 1 N–H and O–H groups in total. The third-order valence-corrected chi connectivity index (χ3v) is 4.24. The van der Waals surface area contributed by atoms with Gasteiger partial charge in [0, 0.05) is 0 Å². The van der Waals surface area contributed by atoms with Crippen molar-refractivity contribution in [2.75, 3.05) is 6.54 Å². The van der Waals surface area contributed by atoms with Crippen LogP contribution in [0, 0.1) is 0 Å². The monoisotopic (exact) mass is 143 g/mol. The van der Waals surface area contributed by atoms with E-state index in [1.165, 1.54) is 0 Å². The van der Waals surface area contributed by atoms with Gasteiger partial charge in [0.25, 0.3) is 0 Å². The molecule has 0 radical (unpaired) electrons. The predicted molar refractivity (Wildman–Crippen MR) is 46.1 cm³/mol. The van der Waals surface area contributed by atoms with E-state index in [4.69, 9.17) is 0 Å². The molecule has 0 heterocycles. The smallest absolute Gasteiger partial charge is 0.135 e. The number of hydrogen-bond acceptors (Lipinski definition) is 1. The molecule has 0 spiro atoms. The van der Waals surface area contributed by atoms with Gasteiger partial charge < -0.3 is 4.98 Å². The molecule has 0 amide bonds. The van der Waals surface area contributed by atoms with Crippen molar-refractivity contribution in [2.24, 2.45) is 0 Å². The minimum Gasteiger partial charge on any atom is -0.337 e. The number of hydrogen-bond donors (Lipinski definition) is 1. The van der Waals surface area contributed by atoms with E-state index in [0.29, 0.717) is 0 Å². The zero-order chi connectivity index (χ0) is 7.28. The van der Waals surface area contributed by atoms with Crippen LogP contribution >= 0.6 is 0 Å². The summed E-state index contributed by atoms with van der Waals surface area (Å²) in [5, 5.41) is 0. The average molecular weight is 143 g/mol. The molecule has 0 aromatic heterocycles. The highest BCUT2D eigenvalue weighted by Gasteiger charge is 2.07. The summed E-state index contributed by atoms with van der Waals surface area (Å²) in [4.78, 5) is 3.45. The molecule has 9 heavy (non-hydrogen) atoms. The van der Waals surface area contributed by atoms with Gasteiger partial charge in [-0.2, -0.15) is 0 Å². The van der Waals surface area contributed by atoms with Crippen LogP contribution < -0.4 is 4.98 Å². The zero-order valence-electron chi connectivity index (χ0n) is 6.65. The summed E-state index contributed by atoms with van der Waals surface area (Å²) in [6, 6.07) is 0. The van der Waals surface area contributed by atoms with Crippen LogP contribution in [0.25, 0.3) is 0 Å². The summed E-state index contributed by atoms with van der Waals surface area (Å²) in [5.74, 6) is 0. The molecule has 2 heteroatoms. The van der Waals surface area contributed by atoms with Crippen molar-refractivity contribution in [1.82, 2.24) is 4.98 Å². The van der Waals surface area contributed by atoms with Gasteiger partial charge in [-0.3, -0.25) is 0 Å². The molecule has 0 bridgehead atoms. The van der Waals surface area contributed by atoms with E-state index in [2.05, 4.69) is 38.0 Å². The summed E-state index contributed by atoms with van der Waals surface area (Å²) in [7, 11) is -0.772. The van der Waals surface area contributed by atoms with Gasteiger partial charge in [-0.1, -0.05) is 26.5 Å². The molecule has 54 valence electrons. The van der Waals surface area contributed by atoms with E-state index in [-0.39, 0.29) is 0 Å². The zero-order valence-corrected chi connectivity index (χ0v) is 7.80. The molecule has 0 aliphatic carbocycles. The highest BCUT2D eigenvalue weighted by molar-refractivity contribution is 6.62. The van der Waals surface area contributed by atoms with Crippen LogP contribution in [0.4, 0.5) is 0 Å². The van der Waals surface area contributed by atoms with Crippen LogP contribution in [0.3, 0.4) is 0 Å². The molecule has 0 aliphatic rings. The normalized spacial score (nSPS) is 13.8. The molecule has 0 fully saturated rings. The number of rotatable bonds is 4. The van der Waals surface area contributed by atoms with Gasteiger partial charge in [0.05, 0.1) is 0 Å². The van der Waals surface area contributed by atoms with Gasteiger partial charge in [0.15, 0.2) is 0 Å². The van der Waals surface area contributed by atoms with Gasteiger partial charge in [-0.25, -0.2) is 0 Å². The Hall–Kier alpha value is -0.0831. The van der Waals surface area contributed by atoms with E-state index >= 15 is 0 Å². The average Bonchev–Trinajstić information content (AvgIpc) is 1.82. The quantitative estimate of drug-likeness (QED) is 0.587. The standard InChI is InChI=1S/C7H17NSi/c1-5-8-9(6-2)7(3)4/h6-9H,2,5H2,1,3-4H3. The maximum atomic E-state index is 3.80. The fourth-order valence-corrected chi connectivity index (χ4v) is 2.48. The number of nitrogens with one attached hydrogen (secondary N) is 1. The minimum absolute atomic E-state index is 0.772. The second-order valence-corrected chi connectivity index (χ2v) is 5.83. The molecule has 1 nitrogen and oxygen atoms in total. The van der Waals surface area contributed by atoms with E-state index in [0.717, 1.165) is 12.1 Å². The first-order chi connectivity index (χ1) is 4.22. The molecule has 0 aromatic rings. The highest BCUT2D eigenvalue weighted by Crippen LogP contribution is 2.03. The Bertz CT molecular complexity index is 81.0. The lowest BCUT2D eigenvalue weighted by atomic mass is 10.6. The lowest BCUT2D eigenvalue weighted by Gasteiger charge is -2.14. The summed E-state index contributed by atoms with van der Waals surface area (Å²) in [6.07, 6.45) is 0. The lowest BCUT2D eigenvalue weighted by Crippen LogP contribution is -2.34. The van der Waals surface area contributed by atoms with Crippen LogP contribution in [0.15, 0.2) is 12.3 Å². The maximum Gasteiger partial charge on any atom is 0.135 e. The van der Waals surface area contributed by atoms with Gasteiger partial charge >= 0.3 is 0 Å². The van der Waals surface area contributed by atoms with E-state index < -0.39 is 8.96 Å². The largest absolute Gasteiger partial charge is 0.337 e. The van der Waals surface area contributed by atoms with Crippen molar-refractivity contribution in [3.8, 4) is 0 Å². The third kappa shape index (κ3) is 3.49. The van der Waals surface area contributed by atoms with Crippen LogP contribution in [0.2, 0.25) is 5.54 Å². The van der Waals surface area contributed by atoms with Gasteiger partial charge in [0.1, 0.15) is 8.96 Å². The summed E-state index contributed by atoms with van der Waals surface area (Å²) in [6.45, 7) is 11.5. The van der Waals surface area contributed by atoms with Gasteiger partial charge in [-0.15, -0.1) is 6.58 Å². The summed E-state index contributed by atoms with van der Waals surface area (Å²) < 4.78 is 0. The van der Waals surface area contributed by atoms with Crippen LogP contribution in [-0.4, -0.2) is 15.5 Å². The minimum atomic E-state index is -0.772. The van der Waals surface area contributed by atoms with Crippen molar-refractivity contribution in [1.29, 1.82) is 0 Å². The van der Waals surface area contributed by atoms with Crippen molar-refractivity contribution in [3.63, 3.8) is 0 Å². The Morgan fingerprint density at radius 2 is 2.22 bits per heavy atom. The predicted octanol–water partition coefficient (Wildman–Crippen LogP) is 1.45. The fourth-order valence-electron chi connectivity index (χ4n) is 0.827. The lowest BCUT2D eigenvalue weighted by molar-refractivity contribution is 0.925. The fraction of sp³-hybridized carbons (Fsp3) is 0.714. The Labute approximate surface area is 59.8 Å². The summed E-state index contributed by atoms with van der Waals surface area (Å²) in [5.41, 5.74) is 2.90. The second kappa shape index (κ2) is 4.76. The van der Waals surface area contributed by atoms with Crippen molar-refractivity contribution < 1.29 is 0 Å². The molecule has 0 aliphatic heterocycles. The van der Waals surface area contributed by atoms with Crippen LogP contribution in [0.5, 0.6) is 0 Å². The first-order valence-corrected chi connectivity index (χ1v) is 5.49. The Morgan fingerprint density at radius 3 is 2.33 bits per heavy atom. The molecule has 1 unspecified atom stereocenters. The maximum absolute atomic E-state index is 3.80. The van der Waals surface area contributed by atoms with Gasteiger partial charge in [-0.05, 0) is 12.1 Å². The van der Waals surface area contributed by atoms with E-state index in [1.54, 1.807) is 0 Å². The summed E-state index contributed by atoms with van der Waals surface area (Å²) >= 11 is 0. The van der Waals surface area contributed by atoms with Crippen LogP contribution in [0.1, 0.15) is 20.8 Å². The Morgan fingerprint density at radius 1 is 1.67 bits per heavy atom. The second-order valence-electron chi connectivity index (χ2n) is 2.56. The highest BCUT2D eigenvalue weighted by atomic mass is 28.3. The third-order valence-electron chi connectivity index (χ3n) is 1.41. The Kier molecular flexibility index (Phi) is 4.72. The molecule has 0 saturated heterocycles. The van der Waals surface area contributed by atoms with Gasteiger partial charge in [0.2, 0.25) is 0 Å². The molecule has 0 rings (SSSR count). The van der Waals surface area contributed by atoms with E-state index in [9.17, 15) is 0 Å². The SMILES string of the molecule is C=C[SiH](NCC)C(C)C. The van der Waals surface area contributed by atoms with Crippen molar-refractivity contribution >= 4 is 8.96 Å². The van der Waals surface area contributed by atoms with Crippen molar-refractivity contribution in [2.45, 2.75) is 26.3 Å². The first kappa shape index (κ1) is 8.92. The molecule has 1 atom stereocenters. The first-order valence-electron chi connectivity index (χ1n) is 3.58. The van der Waals surface area contributed by atoms with Crippen LogP contribution in [-0.2, 0) is 0 Å². The van der Waals surface area contributed by atoms with Crippen molar-refractivity contribution in [3.05, 3.63) is 12.3 Å². The molecule has 0 aromatic carbocycles. The molecular weight excluding hydrogens is 126 g/mol. The van der Waals surface area contributed by atoms with E-state index in [1.807, 2.05) is 0 Å². The molecular formula is C7H17NSi. The topological polar surface area (TPSA) is 12.0 Å². The molecule has 0 saturated carbocycles.